The quantitative estimate of drug-likeness (QED) is 0.503. The molecule has 0 aliphatic carbocycles. The van der Waals surface area contributed by atoms with Crippen LogP contribution in [0.15, 0.2) is 0 Å². The number of nitrogens with one attached hydrogen (secondary N) is 3. The van der Waals surface area contributed by atoms with Gasteiger partial charge in [-0.15, -0.1) is 0 Å². The van der Waals surface area contributed by atoms with Crippen molar-refractivity contribution < 1.29 is 14.3 Å². The Kier molecular flexibility index (Phi) is 5.74. The van der Waals surface area contributed by atoms with Crippen LogP contribution in [0.4, 0.5) is 0 Å². The Hall–Kier alpha value is -1.89. The topological polar surface area (TPSA) is 96.1 Å². The molecule has 7 heteroatoms. The molecule has 1 aromatic heterocycles. The maximum Gasteiger partial charge on any atom is 0.305 e. The lowest BCUT2D eigenvalue weighted by molar-refractivity contribution is -0.140. The van der Waals surface area contributed by atoms with Crippen LogP contribution in [0.2, 0.25) is 0 Å². The molecule has 116 valence electrons. The SMILES string of the molecule is COC(=O)CCCCCNC(=O)c1n[nH]c2c1CNCC2. The van der Waals surface area contributed by atoms with Crippen LogP contribution < -0.4 is 10.6 Å². The summed E-state index contributed by atoms with van der Waals surface area (Å²) in [5, 5.41) is 13.2. The maximum absolute atomic E-state index is 12.1. The summed E-state index contributed by atoms with van der Waals surface area (Å²) in [6.07, 6.45) is 3.82. The first kappa shape index (κ1) is 15.5. The lowest BCUT2D eigenvalue weighted by Crippen LogP contribution is -2.29. The molecule has 0 fully saturated rings. The first-order valence-corrected chi connectivity index (χ1v) is 7.34. The van der Waals surface area contributed by atoms with Gasteiger partial charge in [-0.25, -0.2) is 0 Å². The van der Waals surface area contributed by atoms with E-state index < -0.39 is 0 Å². The van der Waals surface area contributed by atoms with E-state index in [0.29, 0.717) is 25.2 Å². The molecule has 0 bridgehead atoms. The summed E-state index contributed by atoms with van der Waals surface area (Å²) in [4.78, 5) is 23.0. The van der Waals surface area contributed by atoms with Gasteiger partial charge in [0.05, 0.1) is 7.11 Å². The Labute approximate surface area is 123 Å². The summed E-state index contributed by atoms with van der Waals surface area (Å²) in [6, 6.07) is 0. The Morgan fingerprint density at radius 1 is 1.33 bits per heavy atom. The van der Waals surface area contributed by atoms with E-state index in [9.17, 15) is 9.59 Å². The minimum Gasteiger partial charge on any atom is -0.469 e. The van der Waals surface area contributed by atoms with E-state index in [0.717, 1.165) is 43.5 Å². The van der Waals surface area contributed by atoms with Crippen LogP contribution in [0.5, 0.6) is 0 Å². The average Bonchev–Trinajstić information content (AvgIpc) is 2.94. The molecular formula is C14H22N4O3. The first-order chi connectivity index (χ1) is 10.2. The number of ether oxygens (including phenoxy) is 1. The van der Waals surface area contributed by atoms with Gasteiger partial charge in [0.25, 0.3) is 5.91 Å². The van der Waals surface area contributed by atoms with Crippen molar-refractivity contribution in [3.05, 3.63) is 17.0 Å². The molecular weight excluding hydrogens is 272 g/mol. The number of unbranched alkanes of at least 4 members (excludes halogenated alkanes) is 2. The number of amides is 1. The molecule has 0 radical (unpaired) electrons. The second-order valence-electron chi connectivity index (χ2n) is 5.10. The van der Waals surface area contributed by atoms with Gasteiger partial charge in [-0.2, -0.15) is 5.10 Å². The average molecular weight is 294 g/mol. The number of hydrogen-bond acceptors (Lipinski definition) is 5. The summed E-state index contributed by atoms with van der Waals surface area (Å²) in [5.74, 6) is -0.321. The van der Waals surface area contributed by atoms with Crippen molar-refractivity contribution in [2.45, 2.75) is 38.6 Å². The van der Waals surface area contributed by atoms with E-state index in [-0.39, 0.29) is 11.9 Å². The molecule has 2 heterocycles. The van der Waals surface area contributed by atoms with E-state index in [1.54, 1.807) is 0 Å². The monoisotopic (exact) mass is 294 g/mol. The van der Waals surface area contributed by atoms with Crippen molar-refractivity contribution in [3.63, 3.8) is 0 Å². The Morgan fingerprint density at radius 3 is 3.00 bits per heavy atom. The summed E-state index contributed by atoms with van der Waals surface area (Å²) >= 11 is 0. The van der Waals surface area contributed by atoms with Crippen molar-refractivity contribution in [2.75, 3.05) is 20.2 Å². The maximum atomic E-state index is 12.1. The van der Waals surface area contributed by atoms with Crippen LogP contribution >= 0.6 is 0 Å². The molecule has 0 spiro atoms. The second kappa shape index (κ2) is 7.78. The van der Waals surface area contributed by atoms with Crippen LogP contribution in [0.25, 0.3) is 0 Å². The predicted molar refractivity (Wildman–Crippen MR) is 76.8 cm³/mol. The van der Waals surface area contributed by atoms with Gasteiger partial charge in [0, 0.05) is 43.7 Å². The Morgan fingerprint density at radius 2 is 2.19 bits per heavy atom. The summed E-state index contributed by atoms with van der Waals surface area (Å²) in [7, 11) is 1.39. The van der Waals surface area contributed by atoms with E-state index >= 15 is 0 Å². The third-order valence-corrected chi connectivity index (χ3v) is 3.59. The van der Waals surface area contributed by atoms with Gasteiger partial charge >= 0.3 is 5.97 Å². The zero-order valence-corrected chi connectivity index (χ0v) is 12.3. The number of fused-ring (bicyclic) bond motifs is 1. The van der Waals surface area contributed by atoms with Crippen LogP contribution in [0, 0.1) is 0 Å². The highest BCUT2D eigenvalue weighted by Gasteiger charge is 2.20. The van der Waals surface area contributed by atoms with Crippen LogP contribution in [0.3, 0.4) is 0 Å². The van der Waals surface area contributed by atoms with Gasteiger partial charge in [0.2, 0.25) is 0 Å². The molecule has 0 saturated carbocycles. The zero-order chi connectivity index (χ0) is 15.1. The van der Waals surface area contributed by atoms with E-state index in [1.807, 2.05) is 0 Å². The molecule has 1 amide bonds. The second-order valence-corrected chi connectivity index (χ2v) is 5.10. The highest BCUT2D eigenvalue weighted by atomic mass is 16.5. The third kappa shape index (κ3) is 4.29. The summed E-state index contributed by atoms with van der Waals surface area (Å²) in [5.41, 5.74) is 2.52. The third-order valence-electron chi connectivity index (χ3n) is 3.59. The number of rotatable bonds is 7. The Bertz CT molecular complexity index is 498. The molecule has 1 aliphatic heterocycles. The van der Waals surface area contributed by atoms with Crippen LogP contribution in [-0.2, 0) is 22.5 Å². The molecule has 2 rings (SSSR count). The van der Waals surface area contributed by atoms with E-state index in [4.69, 9.17) is 0 Å². The Balaban J connectivity index is 1.68. The molecule has 7 nitrogen and oxygen atoms in total. The van der Waals surface area contributed by atoms with Gasteiger partial charge in [0.15, 0.2) is 5.69 Å². The molecule has 0 saturated heterocycles. The fourth-order valence-electron chi connectivity index (χ4n) is 2.37. The number of hydrogen-bond donors (Lipinski definition) is 3. The molecule has 1 aliphatic rings. The lowest BCUT2D eigenvalue weighted by Gasteiger charge is -2.12. The van der Waals surface area contributed by atoms with Crippen molar-refractivity contribution in [1.82, 2.24) is 20.8 Å². The predicted octanol–water partition coefficient (Wildman–Crippen LogP) is 0.519. The van der Waals surface area contributed by atoms with Gasteiger partial charge < -0.3 is 15.4 Å². The number of nitrogens with zero attached hydrogens (tertiary/aromatic N) is 1. The van der Waals surface area contributed by atoms with E-state index in [1.165, 1.54) is 7.11 Å². The number of esters is 1. The van der Waals surface area contributed by atoms with Crippen LogP contribution in [0.1, 0.15) is 47.4 Å². The number of aromatic amines is 1. The zero-order valence-electron chi connectivity index (χ0n) is 12.3. The van der Waals surface area contributed by atoms with Gasteiger partial charge in [-0.3, -0.25) is 14.7 Å². The summed E-state index contributed by atoms with van der Waals surface area (Å²) in [6.45, 7) is 2.19. The van der Waals surface area contributed by atoms with Gasteiger partial charge in [-0.1, -0.05) is 6.42 Å². The molecule has 3 N–H and O–H groups in total. The minimum atomic E-state index is -0.185. The molecule has 0 aromatic carbocycles. The van der Waals surface area contributed by atoms with Gasteiger partial charge in [-0.05, 0) is 12.8 Å². The standard InChI is InChI=1S/C14H22N4O3/c1-21-12(19)5-3-2-4-7-16-14(20)13-10-9-15-8-6-11(10)17-18-13/h15H,2-9H2,1H3,(H,16,20)(H,17,18). The highest BCUT2D eigenvalue weighted by molar-refractivity contribution is 5.94. The molecule has 21 heavy (non-hydrogen) atoms. The number of carbonyl (C=O) groups is 2. The number of aromatic nitrogens is 2. The first-order valence-electron chi connectivity index (χ1n) is 7.34. The van der Waals surface area contributed by atoms with Crippen molar-refractivity contribution in [3.8, 4) is 0 Å². The number of H-pyrrole nitrogens is 1. The smallest absolute Gasteiger partial charge is 0.305 e. The van der Waals surface area contributed by atoms with Crippen molar-refractivity contribution >= 4 is 11.9 Å². The fraction of sp³-hybridized carbons (Fsp3) is 0.643. The largest absolute Gasteiger partial charge is 0.469 e. The van der Waals surface area contributed by atoms with Crippen molar-refractivity contribution in [2.24, 2.45) is 0 Å². The molecule has 0 unspecified atom stereocenters. The molecule has 1 aromatic rings. The minimum absolute atomic E-state index is 0.135. The number of methoxy groups -OCH3 is 1. The van der Waals surface area contributed by atoms with Crippen molar-refractivity contribution in [1.29, 1.82) is 0 Å². The van der Waals surface area contributed by atoms with Gasteiger partial charge in [0.1, 0.15) is 0 Å². The van der Waals surface area contributed by atoms with Crippen LogP contribution in [-0.4, -0.2) is 42.3 Å². The lowest BCUT2D eigenvalue weighted by atomic mass is 10.1. The summed E-state index contributed by atoms with van der Waals surface area (Å²) < 4.78 is 4.57. The molecule has 0 atom stereocenters. The normalized spacial score (nSPS) is 13.6. The highest BCUT2D eigenvalue weighted by Crippen LogP contribution is 2.15. The fourth-order valence-corrected chi connectivity index (χ4v) is 2.37. The van der Waals surface area contributed by atoms with E-state index in [2.05, 4.69) is 25.6 Å². The number of carbonyl (C=O) groups excluding carboxylic acids is 2.